The van der Waals surface area contributed by atoms with E-state index in [9.17, 15) is 9.18 Å². The minimum atomic E-state index is -0.442. The molecule has 0 bridgehead atoms. The molecule has 0 saturated heterocycles. The summed E-state index contributed by atoms with van der Waals surface area (Å²) >= 11 is 1.24. The van der Waals surface area contributed by atoms with Gasteiger partial charge in [0.2, 0.25) is 5.91 Å². The molecule has 0 aliphatic rings. The summed E-state index contributed by atoms with van der Waals surface area (Å²) in [5.74, 6) is 0.704. The highest BCUT2D eigenvalue weighted by Gasteiger charge is 2.25. The zero-order valence-corrected chi connectivity index (χ0v) is 19.2. The van der Waals surface area contributed by atoms with Gasteiger partial charge in [0.05, 0.1) is 17.5 Å². The van der Waals surface area contributed by atoms with E-state index < -0.39 is 11.1 Å². The molecule has 0 saturated carbocycles. The lowest BCUT2D eigenvalue weighted by molar-refractivity contribution is -0.121. The van der Waals surface area contributed by atoms with Gasteiger partial charge in [-0.25, -0.2) is 4.39 Å². The molecular weight excluding hydrogens is 415 g/mol. The first kappa shape index (κ1) is 22.8. The lowest BCUT2D eigenvalue weighted by atomic mass is 10.1. The Morgan fingerprint density at radius 1 is 1.16 bits per heavy atom. The number of nitrogens with one attached hydrogen (secondary N) is 1. The number of hydrogen-bond donors (Lipinski definition) is 1. The van der Waals surface area contributed by atoms with Crippen molar-refractivity contribution in [1.29, 1.82) is 0 Å². The van der Waals surface area contributed by atoms with Crippen LogP contribution >= 0.6 is 11.8 Å². The summed E-state index contributed by atoms with van der Waals surface area (Å²) in [6.45, 7) is 10.1. The van der Waals surface area contributed by atoms with E-state index in [4.69, 9.17) is 4.74 Å². The number of hydrogen-bond acceptors (Lipinski definition) is 5. The molecule has 8 heteroatoms. The normalized spacial score (nSPS) is 12.5. The Morgan fingerprint density at radius 2 is 1.84 bits per heavy atom. The number of carbonyl (C=O) groups is 1. The van der Waals surface area contributed by atoms with Crippen molar-refractivity contribution >= 4 is 17.7 Å². The molecule has 31 heavy (non-hydrogen) atoms. The summed E-state index contributed by atoms with van der Waals surface area (Å²) < 4.78 is 21.9. The van der Waals surface area contributed by atoms with Gasteiger partial charge in [-0.05, 0) is 71.0 Å². The van der Waals surface area contributed by atoms with Crippen LogP contribution in [0, 0.1) is 5.82 Å². The van der Waals surface area contributed by atoms with E-state index in [2.05, 4.69) is 15.5 Å². The van der Waals surface area contributed by atoms with Crippen LogP contribution in [-0.4, -0.2) is 38.1 Å². The van der Waals surface area contributed by atoms with Crippen LogP contribution in [0.4, 0.5) is 4.39 Å². The van der Waals surface area contributed by atoms with E-state index in [1.54, 1.807) is 29.7 Å². The average Bonchev–Trinajstić information content (AvgIpc) is 3.11. The van der Waals surface area contributed by atoms with E-state index in [-0.39, 0.29) is 11.4 Å². The number of aromatic nitrogens is 3. The number of amides is 1. The summed E-state index contributed by atoms with van der Waals surface area (Å²) in [5, 5.41) is 11.6. The fraction of sp³-hybridized carbons (Fsp3) is 0.348. The lowest BCUT2D eigenvalue weighted by Crippen LogP contribution is -2.44. The number of thioether (sulfide) groups is 1. The van der Waals surface area contributed by atoms with E-state index in [0.717, 1.165) is 11.3 Å². The summed E-state index contributed by atoms with van der Waals surface area (Å²) in [6.07, 6.45) is 0. The van der Waals surface area contributed by atoms with Crippen LogP contribution in [-0.2, 0) is 4.79 Å². The molecule has 1 heterocycles. The predicted molar refractivity (Wildman–Crippen MR) is 121 cm³/mol. The quantitative estimate of drug-likeness (QED) is 0.529. The first-order chi connectivity index (χ1) is 14.7. The predicted octanol–water partition coefficient (Wildman–Crippen LogP) is 4.87. The maximum Gasteiger partial charge on any atom is 0.233 e. The first-order valence-electron chi connectivity index (χ1n) is 10.1. The smallest absolute Gasteiger partial charge is 0.233 e. The minimum absolute atomic E-state index is 0.122. The molecule has 6 nitrogen and oxygen atoms in total. The highest BCUT2D eigenvalue weighted by atomic mass is 32.2. The largest absolute Gasteiger partial charge is 0.494 e. The van der Waals surface area contributed by atoms with Crippen molar-refractivity contribution in [3.63, 3.8) is 0 Å². The van der Waals surface area contributed by atoms with Crippen LogP contribution in [0.1, 0.15) is 34.6 Å². The molecule has 2 aromatic carbocycles. The molecule has 1 aromatic heterocycles. The molecule has 164 valence electrons. The van der Waals surface area contributed by atoms with Crippen molar-refractivity contribution in [1.82, 2.24) is 20.1 Å². The van der Waals surface area contributed by atoms with Gasteiger partial charge in [0.1, 0.15) is 11.6 Å². The monoisotopic (exact) mass is 442 g/mol. The Balaban J connectivity index is 2.01. The third-order valence-corrected chi connectivity index (χ3v) is 5.34. The van der Waals surface area contributed by atoms with Gasteiger partial charge < -0.3 is 10.1 Å². The third kappa shape index (κ3) is 5.64. The Hall–Kier alpha value is -2.87. The molecule has 1 unspecified atom stereocenters. The second-order valence-corrected chi connectivity index (χ2v) is 9.36. The van der Waals surface area contributed by atoms with Crippen LogP contribution in [0.2, 0.25) is 0 Å². The standard InChI is InChI=1S/C23H27FN4O2S/c1-6-30-17-13-11-16(12-14-17)20-26-27-22(28(20)19-10-8-7-9-18(19)24)31-15(2)21(29)25-23(3,4)5/h7-15H,6H2,1-5H3,(H,25,29). The van der Waals surface area contributed by atoms with Crippen LogP contribution < -0.4 is 10.1 Å². The van der Waals surface area contributed by atoms with Crippen molar-refractivity contribution in [2.75, 3.05) is 6.61 Å². The zero-order valence-electron chi connectivity index (χ0n) is 18.3. The topological polar surface area (TPSA) is 69.0 Å². The number of benzene rings is 2. The van der Waals surface area contributed by atoms with E-state index in [1.807, 2.05) is 52.0 Å². The number of rotatable bonds is 7. The lowest BCUT2D eigenvalue weighted by Gasteiger charge is -2.23. The highest BCUT2D eigenvalue weighted by Crippen LogP contribution is 2.32. The van der Waals surface area contributed by atoms with E-state index in [0.29, 0.717) is 23.3 Å². The fourth-order valence-electron chi connectivity index (χ4n) is 2.93. The number of ether oxygens (including phenoxy) is 1. The number of nitrogens with zero attached hydrogens (tertiary/aromatic N) is 3. The Morgan fingerprint density at radius 3 is 2.45 bits per heavy atom. The molecule has 1 atom stereocenters. The Bertz CT molecular complexity index is 1040. The number of halogens is 1. The molecule has 0 aliphatic carbocycles. The van der Waals surface area contributed by atoms with Gasteiger partial charge >= 0.3 is 0 Å². The molecular formula is C23H27FN4O2S. The van der Waals surface area contributed by atoms with E-state index >= 15 is 0 Å². The zero-order chi connectivity index (χ0) is 22.6. The first-order valence-corrected chi connectivity index (χ1v) is 11.0. The molecule has 0 fully saturated rings. The average molecular weight is 443 g/mol. The van der Waals surface area contributed by atoms with Gasteiger partial charge in [-0.15, -0.1) is 10.2 Å². The van der Waals surface area contributed by atoms with E-state index in [1.165, 1.54) is 17.8 Å². The van der Waals surface area contributed by atoms with Crippen molar-refractivity contribution < 1.29 is 13.9 Å². The van der Waals surface area contributed by atoms with Gasteiger partial charge in [-0.3, -0.25) is 9.36 Å². The summed E-state index contributed by atoms with van der Waals surface area (Å²) in [5.41, 5.74) is 0.735. The number of para-hydroxylation sites is 1. The van der Waals surface area contributed by atoms with Crippen LogP contribution in [0.25, 0.3) is 17.1 Å². The van der Waals surface area contributed by atoms with Crippen LogP contribution in [0.3, 0.4) is 0 Å². The van der Waals surface area contributed by atoms with Crippen molar-refractivity contribution in [3.05, 3.63) is 54.3 Å². The highest BCUT2D eigenvalue weighted by molar-refractivity contribution is 8.00. The second kappa shape index (κ2) is 9.51. The summed E-state index contributed by atoms with van der Waals surface area (Å²) in [4.78, 5) is 12.6. The maximum absolute atomic E-state index is 14.7. The molecule has 3 aromatic rings. The second-order valence-electron chi connectivity index (χ2n) is 8.05. The van der Waals surface area contributed by atoms with Crippen LogP contribution in [0.5, 0.6) is 5.75 Å². The maximum atomic E-state index is 14.7. The SMILES string of the molecule is CCOc1ccc(-c2nnc(SC(C)C(=O)NC(C)(C)C)n2-c2ccccc2F)cc1. The molecule has 1 amide bonds. The van der Waals surface area contributed by atoms with Crippen molar-refractivity contribution in [3.8, 4) is 22.8 Å². The minimum Gasteiger partial charge on any atom is -0.494 e. The number of carbonyl (C=O) groups excluding carboxylic acids is 1. The molecule has 1 N–H and O–H groups in total. The summed E-state index contributed by atoms with van der Waals surface area (Å²) in [7, 11) is 0. The molecule has 3 rings (SSSR count). The van der Waals surface area contributed by atoms with Crippen LogP contribution in [0.15, 0.2) is 53.7 Å². The van der Waals surface area contributed by atoms with Gasteiger partial charge in [-0.1, -0.05) is 23.9 Å². The fourth-order valence-corrected chi connectivity index (χ4v) is 3.79. The van der Waals surface area contributed by atoms with Crippen molar-refractivity contribution in [2.45, 2.75) is 50.6 Å². The van der Waals surface area contributed by atoms with Gasteiger partial charge in [0, 0.05) is 11.1 Å². The molecule has 0 radical (unpaired) electrons. The Labute approximate surface area is 186 Å². The molecule has 0 spiro atoms. The Kier molecular flexibility index (Phi) is 7.00. The van der Waals surface area contributed by atoms with Gasteiger partial charge in [0.15, 0.2) is 11.0 Å². The van der Waals surface area contributed by atoms with Gasteiger partial charge in [0.25, 0.3) is 0 Å². The van der Waals surface area contributed by atoms with Crippen molar-refractivity contribution in [2.24, 2.45) is 0 Å². The summed E-state index contributed by atoms with van der Waals surface area (Å²) in [6, 6.07) is 13.8. The van der Waals surface area contributed by atoms with Gasteiger partial charge in [-0.2, -0.15) is 0 Å². The third-order valence-electron chi connectivity index (χ3n) is 4.30. The molecule has 0 aliphatic heterocycles.